The number of thioether (sulfide) groups is 1. The zero-order valence-corrected chi connectivity index (χ0v) is 8.04. The van der Waals surface area contributed by atoms with E-state index in [2.05, 4.69) is 15.9 Å². The highest BCUT2D eigenvalue weighted by Gasteiger charge is 2.21. The lowest BCUT2D eigenvalue weighted by atomic mass is 10.2. The highest BCUT2D eigenvalue weighted by atomic mass is 79.9. The molecule has 1 aliphatic heterocycles. The third-order valence-electron chi connectivity index (χ3n) is 1.61. The predicted molar refractivity (Wildman–Crippen MR) is 49.2 cm³/mol. The van der Waals surface area contributed by atoms with Gasteiger partial charge in [-0.25, -0.2) is 0 Å². The third-order valence-corrected chi connectivity index (χ3v) is 3.33. The maximum atomic E-state index is 11.2. The van der Waals surface area contributed by atoms with Gasteiger partial charge in [0, 0.05) is 14.9 Å². The van der Waals surface area contributed by atoms with Crippen molar-refractivity contribution in [2.45, 2.75) is 4.90 Å². The Morgan fingerprint density at radius 1 is 1.45 bits per heavy atom. The molecule has 1 nitrogen and oxygen atoms in total. The lowest BCUT2D eigenvalue weighted by Gasteiger charge is -1.96. The highest BCUT2D eigenvalue weighted by Crippen LogP contribution is 2.35. The molecule has 0 unspecified atom stereocenters. The maximum absolute atomic E-state index is 11.2. The second-order valence-electron chi connectivity index (χ2n) is 2.32. The van der Waals surface area contributed by atoms with Crippen molar-refractivity contribution >= 4 is 33.5 Å². The maximum Gasteiger partial charge on any atom is 0.175 e. The standard InChI is InChI=1S/C8H5BrOS/c9-5-2-1-3-7-8(5)6(10)4-11-7/h1-3H,4H2. The summed E-state index contributed by atoms with van der Waals surface area (Å²) >= 11 is 4.96. The molecular formula is C8H5BrOS. The number of carbonyl (C=O) groups excluding carboxylic acids is 1. The first-order chi connectivity index (χ1) is 5.29. The van der Waals surface area contributed by atoms with Crippen LogP contribution in [0.2, 0.25) is 0 Å². The minimum Gasteiger partial charge on any atom is -0.293 e. The van der Waals surface area contributed by atoms with Gasteiger partial charge in [0.1, 0.15) is 0 Å². The van der Waals surface area contributed by atoms with Crippen LogP contribution in [0.3, 0.4) is 0 Å². The predicted octanol–water partition coefficient (Wildman–Crippen LogP) is 2.74. The first kappa shape index (κ1) is 7.37. The molecule has 1 aliphatic rings. The minimum absolute atomic E-state index is 0.234. The summed E-state index contributed by atoms with van der Waals surface area (Å²) in [6.07, 6.45) is 0. The molecule has 0 fully saturated rings. The van der Waals surface area contributed by atoms with Crippen molar-refractivity contribution < 1.29 is 4.79 Å². The zero-order valence-electron chi connectivity index (χ0n) is 5.63. The molecule has 11 heavy (non-hydrogen) atoms. The van der Waals surface area contributed by atoms with Crippen LogP contribution in [0.1, 0.15) is 10.4 Å². The fraction of sp³-hybridized carbons (Fsp3) is 0.125. The summed E-state index contributed by atoms with van der Waals surface area (Å²) in [5.41, 5.74) is 0.859. The van der Waals surface area contributed by atoms with Gasteiger partial charge >= 0.3 is 0 Å². The van der Waals surface area contributed by atoms with Crippen LogP contribution >= 0.6 is 27.7 Å². The van der Waals surface area contributed by atoms with Gasteiger partial charge in [0.15, 0.2) is 5.78 Å². The topological polar surface area (TPSA) is 17.1 Å². The molecule has 0 spiro atoms. The third kappa shape index (κ3) is 1.12. The average molecular weight is 229 g/mol. The monoisotopic (exact) mass is 228 g/mol. The molecule has 0 saturated heterocycles. The van der Waals surface area contributed by atoms with E-state index in [1.165, 1.54) is 0 Å². The van der Waals surface area contributed by atoms with Gasteiger partial charge in [-0.1, -0.05) is 22.0 Å². The summed E-state index contributed by atoms with van der Waals surface area (Å²) in [6, 6.07) is 5.84. The molecule has 0 N–H and O–H groups in total. The Morgan fingerprint density at radius 2 is 2.27 bits per heavy atom. The fourth-order valence-electron chi connectivity index (χ4n) is 1.11. The minimum atomic E-state index is 0.234. The molecule has 0 radical (unpaired) electrons. The van der Waals surface area contributed by atoms with E-state index in [1.54, 1.807) is 11.8 Å². The Balaban J connectivity index is 2.68. The molecule has 3 heteroatoms. The van der Waals surface area contributed by atoms with E-state index in [4.69, 9.17) is 0 Å². The average Bonchev–Trinajstić information content (AvgIpc) is 2.34. The van der Waals surface area contributed by atoms with Crippen LogP contribution in [-0.4, -0.2) is 11.5 Å². The molecule has 0 aliphatic carbocycles. The number of hydrogen-bond donors (Lipinski definition) is 0. The quantitative estimate of drug-likeness (QED) is 0.680. The molecule has 1 heterocycles. The van der Waals surface area contributed by atoms with Crippen molar-refractivity contribution in [3.05, 3.63) is 28.2 Å². The molecule has 0 saturated carbocycles. The molecular weight excluding hydrogens is 224 g/mol. The number of halogens is 1. The van der Waals surface area contributed by atoms with E-state index in [9.17, 15) is 4.79 Å². The van der Waals surface area contributed by atoms with E-state index < -0.39 is 0 Å². The SMILES string of the molecule is O=C1CSc2cccc(Br)c21. The van der Waals surface area contributed by atoms with Crippen molar-refractivity contribution in [1.82, 2.24) is 0 Å². The van der Waals surface area contributed by atoms with Crippen LogP contribution in [0.25, 0.3) is 0 Å². The molecule has 1 aromatic rings. The van der Waals surface area contributed by atoms with E-state index in [0.29, 0.717) is 5.75 Å². The summed E-state index contributed by atoms with van der Waals surface area (Å²) in [5.74, 6) is 0.829. The molecule has 1 aromatic carbocycles. The van der Waals surface area contributed by atoms with Crippen LogP contribution in [-0.2, 0) is 0 Å². The summed E-state index contributed by atoms with van der Waals surface area (Å²) in [5, 5.41) is 0. The first-order valence-electron chi connectivity index (χ1n) is 3.23. The van der Waals surface area contributed by atoms with Crippen LogP contribution in [0, 0.1) is 0 Å². The van der Waals surface area contributed by atoms with Gasteiger partial charge in [-0.3, -0.25) is 4.79 Å². The Morgan fingerprint density at radius 3 is 3.00 bits per heavy atom. The van der Waals surface area contributed by atoms with E-state index >= 15 is 0 Å². The Kier molecular flexibility index (Phi) is 1.77. The van der Waals surface area contributed by atoms with Gasteiger partial charge in [-0.05, 0) is 12.1 Å². The van der Waals surface area contributed by atoms with Gasteiger partial charge in [0.25, 0.3) is 0 Å². The number of carbonyl (C=O) groups is 1. The van der Waals surface area contributed by atoms with Crippen molar-refractivity contribution in [3.63, 3.8) is 0 Å². The highest BCUT2D eigenvalue weighted by molar-refractivity contribution is 9.10. The van der Waals surface area contributed by atoms with Gasteiger partial charge < -0.3 is 0 Å². The van der Waals surface area contributed by atoms with Crippen molar-refractivity contribution in [2.75, 3.05) is 5.75 Å². The molecule has 2 rings (SSSR count). The molecule has 0 amide bonds. The number of benzene rings is 1. The Labute approximate surface area is 77.3 Å². The van der Waals surface area contributed by atoms with Crippen LogP contribution in [0.4, 0.5) is 0 Å². The van der Waals surface area contributed by atoms with Crippen LogP contribution in [0.5, 0.6) is 0 Å². The Bertz CT molecular complexity index is 322. The largest absolute Gasteiger partial charge is 0.293 e. The second kappa shape index (κ2) is 2.64. The number of rotatable bonds is 0. The van der Waals surface area contributed by atoms with E-state index in [-0.39, 0.29) is 5.78 Å². The summed E-state index contributed by atoms with van der Waals surface area (Å²) < 4.78 is 0.921. The lowest BCUT2D eigenvalue weighted by molar-refractivity contribution is 0.102. The number of fused-ring (bicyclic) bond motifs is 1. The molecule has 56 valence electrons. The molecule has 0 atom stereocenters. The second-order valence-corrected chi connectivity index (χ2v) is 4.20. The van der Waals surface area contributed by atoms with Crippen LogP contribution < -0.4 is 0 Å². The zero-order chi connectivity index (χ0) is 7.84. The smallest absolute Gasteiger partial charge is 0.175 e. The normalized spacial score (nSPS) is 15.2. The fourth-order valence-corrected chi connectivity index (χ4v) is 2.80. The molecule has 0 bridgehead atoms. The van der Waals surface area contributed by atoms with E-state index in [1.807, 2.05) is 18.2 Å². The number of hydrogen-bond acceptors (Lipinski definition) is 2. The van der Waals surface area contributed by atoms with Gasteiger partial charge in [-0.2, -0.15) is 0 Å². The lowest BCUT2D eigenvalue weighted by Crippen LogP contribution is -1.95. The van der Waals surface area contributed by atoms with E-state index in [0.717, 1.165) is 14.9 Å². The number of Topliss-reactive ketones (excluding diaryl/α,β-unsaturated/α-hetero) is 1. The van der Waals surface area contributed by atoms with Gasteiger partial charge in [0.2, 0.25) is 0 Å². The van der Waals surface area contributed by atoms with Gasteiger partial charge in [0.05, 0.1) is 5.75 Å². The molecule has 0 aromatic heterocycles. The Hall–Kier alpha value is -0.280. The first-order valence-corrected chi connectivity index (χ1v) is 5.01. The number of ketones is 1. The summed E-state index contributed by atoms with van der Waals surface area (Å²) in [7, 11) is 0. The van der Waals surface area contributed by atoms with Crippen LogP contribution in [0.15, 0.2) is 27.6 Å². The summed E-state index contributed by atoms with van der Waals surface area (Å²) in [6.45, 7) is 0. The summed E-state index contributed by atoms with van der Waals surface area (Å²) in [4.78, 5) is 12.3. The van der Waals surface area contributed by atoms with Crippen molar-refractivity contribution in [1.29, 1.82) is 0 Å². The van der Waals surface area contributed by atoms with Crippen molar-refractivity contribution in [3.8, 4) is 0 Å². The van der Waals surface area contributed by atoms with Gasteiger partial charge in [-0.15, -0.1) is 11.8 Å². The van der Waals surface area contributed by atoms with Crippen molar-refractivity contribution in [2.24, 2.45) is 0 Å².